The molecule has 0 radical (unpaired) electrons. The van der Waals surface area contributed by atoms with Gasteiger partial charge in [-0.3, -0.25) is 19.4 Å². The molecule has 2 fully saturated rings. The number of imide groups is 2. The molecule has 0 aromatic carbocycles. The van der Waals surface area contributed by atoms with E-state index < -0.39 is 17.8 Å². The van der Waals surface area contributed by atoms with Gasteiger partial charge in [0.25, 0.3) is 0 Å². The Labute approximate surface area is 106 Å². The second-order valence-corrected chi connectivity index (χ2v) is 5.30. The van der Waals surface area contributed by atoms with Crippen molar-refractivity contribution in [3.63, 3.8) is 0 Å². The van der Waals surface area contributed by atoms with Crippen LogP contribution in [0.5, 0.6) is 0 Å². The van der Waals surface area contributed by atoms with Crippen LogP contribution in [0.4, 0.5) is 4.79 Å². The van der Waals surface area contributed by atoms with Gasteiger partial charge >= 0.3 is 17.8 Å². The third-order valence-corrected chi connectivity index (χ3v) is 4.05. The fourth-order valence-corrected chi connectivity index (χ4v) is 2.88. The summed E-state index contributed by atoms with van der Waals surface area (Å²) in [4.78, 5) is 37.4. The van der Waals surface area contributed by atoms with E-state index in [0.29, 0.717) is 12.5 Å². The van der Waals surface area contributed by atoms with Gasteiger partial charge < -0.3 is 5.73 Å². The van der Waals surface area contributed by atoms with E-state index in [1.165, 1.54) is 7.05 Å². The predicted molar refractivity (Wildman–Crippen MR) is 64.4 cm³/mol. The summed E-state index contributed by atoms with van der Waals surface area (Å²) in [6.45, 7) is 2.53. The van der Waals surface area contributed by atoms with Gasteiger partial charge in [-0.25, -0.2) is 4.79 Å². The Balaban J connectivity index is 2.26. The SMILES string of the molecule is CC1CCC(CN)C(N2C(=O)C(=O)N(C)C2=O)C1. The van der Waals surface area contributed by atoms with Crippen LogP contribution in [0.15, 0.2) is 0 Å². The Morgan fingerprint density at radius 3 is 2.39 bits per heavy atom. The molecule has 3 unspecified atom stereocenters. The molecule has 4 amide bonds. The molecule has 2 aliphatic rings. The third kappa shape index (κ3) is 1.90. The van der Waals surface area contributed by atoms with Crippen LogP contribution in [0, 0.1) is 11.8 Å². The van der Waals surface area contributed by atoms with E-state index in [2.05, 4.69) is 6.92 Å². The third-order valence-electron chi connectivity index (χ3n) is 4.05. The molecule has 0 aromatic heterocycles. The van der Waals surface area contributed by atoms with Crippen LogP contribution >= 0.6 is 0 Å². The van der Waals surface area contributed by atoms with Gasteiger partial charge in [-0.2, -0.15) is 0 Å². The molecule has 100 valence electrons. The van der Waals surface area contributed by atoms with Crippen molar-refractivity contribution in [2.24, 2.45) is 17.6 Å². The second-order valence-electron chi connectivity index (χ2n) is 5.30. The van der Waals surface area contributed by atoms with E-state index in [1.54, 1.807) is 0 Å². The summed E-state index contributed by atoms with van der Waals surface area (Å²) in [7, 11) is 1.34. The smallest absolute Gasteiger partial charge is 0.330 e. The van der Waals surface area contributed by atoms with Gasteiger partial charge in [0, 0.05) is 13.1 Å². The Morgan fingerprint density at radius 2 is 1.89 bits per heavy atom. The zero-order valence-corrected chi connectivity index (χ0v) is 10.8. The van der Waals surface area contributed by atoms with Crippen molar-refractivity contribution < 1.29 is 14.4 Å². The summed E-state index contributed by atoms with van der Waals surface area (Å²) in [6.07, 6.45) is 2.69. The van der Waals surface area contributed by atoms with Crippen molar-refractivity contribution in [3.05, 3.63) is 0 Å². The number of amides is 4. The maximum Gasteiger partial charge on any atom is 0.334 e. The molecular formula is C12H19N3O3. The first-order valence-corrected chi connectivity index (χ1v) is 6.32. The Kier molecular flexibility index (Phi) is 3.38. The molecule has 0 spiro atoms. The number of carbonyl (C=O) groups is 3. The fourth-order valence-electron chi connectivity index (χ4n) is 2.88. The minimum absolute atomic E-state index is 0.105. The van der Waals surface area contributed by atoms with Crippen molar-refractivity contribution >= 4 is 17.8 Å². The van der Waals surface area contributed by atoms with E-state index in [4.69, 9.17) is 5.73 Å². The summed E-state index contributed by atoms with van der Waals surface area (Å²) in [5.41, 5.74) is 5.72. The van der Waals surface area contributed by atoms with Crippen LogP contribution in [0.25, 0.3) is 0 Å². The highest BCUT2D eigenvalue weighted by Crippen LogP contribution is 2.33. The zero-order chi connectivity index (χ0) is 13.4. The van der Waals surface area contributed by atoms with E-state index in [-0.39, 0.29) is 12.0 Å². The predicted octanol–water partition coefficient (Wildman–Crippen LogP) is 0.170. The molecule has 6 nitrogen and oxygen atoms in total. The average molecular weight is 253 g/mol. The molecule has 1 heterocycles. The number of urea groups is 1. The monoisotopic (exact) mass is 253 g/mol. The van der Waals surface area contributed by atoms with Crippen molar-refractivity contribution in [2.75, 3.05) is 13.6 Å². The molecule has 3 atom stereocenters. The van der Waals surface area contributed by atoms with Crippen molar-refractivity contribution in [1.82, 2.24) is 9.80 Å². The number of carbonyl (C=O) groups excluding carboxylic acids is 3. The Morgan fingerprint density at radius 1 is 1.22 bits per heavy atom. The summed E-state index contributed by atoms with van der Waals surface area (Å²) in [5, 5.41) is 0. The molecule has 6 heteroatoms. The van der Waals surface area contributed by atoms with Gasteiger partial charge in [0.05, 0.1) is 0 Å². The van der Waals surface area contributed by atoms with Gasteiger partial charge in [-0.15, -0.1) is 0 Å². The van der Waals surface area contributed by atoms with E-state index in [0.717, 1.165) is 29.1 Å². The molecule has 1 saturated carbocycles. The van der Waals surface area contributed by atoms with Crippen LogP contribution in [0.2, 0.25) is 0 Å². The molecule has 18 heavy (non-hydrogen) atoms. The van der Waals surface area contributed by atoms with Crippen molar-refractivity contribution in [1.29, 1.82) is 0 Å². The topological polar surface area (TPSA) is 83.7 Å². The Hall–Kier alpha value is -1.43. The number of nitrogens with two attached hydrogens (primary N) is 1. The first-order chi connectivity index (χ1) is 8.47. The largest absolute Gasteiger partial charge is 0.334 e. The Bertz CT molecular complexity index is 396. The number of hydrogen-bond acceptors (Lipinski definition) is 4. The van der Waals surface area contributed by atoms with Gasteiger partial charge in [-0.1, -0.05) is 13.3 Å². The van der Waals surface area contributed by atoms with Crippen LogP contribution in [-0.4, -0.2) is 47.3 Å². The molecule has 1 aliphatic carbocycles. The summed E-state index contributed by atoms with van der Waals surface area (Å²) in [5.74, 6) is -0.901. The number of nitrogens with zero attached hydrogens (tertiary/aromatic N) is 2. The highest BCUT2D eigenvalue weighted by molar-refractivity contribution is 6.44. The van der Waals surface area contributed by atoms with Crippen LogP contribution in [-0.2, 0) is 9.59 Å². The van der Waals surface area contributed by atoms with Crippen LogP contribution < -0.4 is 5.73 Å². The maximum absolute atomic E-state index is 12.0. The molecule has 1 aliphatic heterocycles. The fraction of sp³-hybridized carbons (Fsp3) is 0.750. The first kappa shape index (κ1) is 13.0. The van der Waals surface area contributed by atoms with Gasteiger partial charge in [-0.05, 0) is 31.2 Å². The molecule has 0 aromatic rings. The van der Waals surface area contributed by atoms with Gasteiger partial charge in [0.2, 0.25) is 0 Å². The number of hydrogen-bond donors (Lipinski definition) is 1. The summed E-state index contributed by atoms with van der Waals surface area (Å²) in [6, 6.07) is -0.741. The maximum atomic E-state index is 12.0. The van der Waals surface area contributed by atoms with E-state index in [9.17, 15) is 14.4 Å². The minimum atomic E-state index is -0.742. The summed E-state index contributed by atoms with van der Waals surface area (Å²) < 4.78 is 0. The van der Waals surface area contributed by atoms with Crippen molar-refractivity contribution in [3.8, 4) is 0 Å². The lowest BCUT2D eigenvalue weighted by molar-refractivity contribution is -0.144. The zero-order valence-electron chi connectivity index (χ0n) is 10.8. The second kappa shape index (κ2) is 4.68. The van der Waals surface area contributed by atoms with Gasteiger partial charge in [0.15, 0.2) is 0 Å². The molecule has 1 saturated heterocycles. The summed E-state index contributed by atoms with van der Waals surface area (Å²) >= 11 is 0. The quantitative estimate of drug-likeness (QED) is 0.561. The van der Waals surface area contributed by atoms with Crippen LogP contribution in [0.3, 0.4) is 0 Å². The lowest BCUT2D eigenvalue weighted by Gasteiger charge is -2.38. The first-order valence-electron chi connectivity index (χ1n) is 6.32. The van der Waals surface area contributed by atoms with Crippen LogP contribution in [0.1, 0.15) is 26.2 Å². The van der Waals surface area contributed by atoms with E-state index >= 15 is 0 Å². The standard InChI is InChI=1S/C12H19N3O3/c1-7-3-4-8(6-13)9(5-7)15-11(17)10(16)14(2)12(15)18/h7-9H,3-6,13H2,1-2H3. The lowest BCUT2D eigenvalue weighted by atomic mass is 9.78. The number of likely N-dealkylation sites (N-methyl/N-ethyl adjacent to an activating group) is 1. The molecular weight excluding hydrogens is 234 g/mol. The lowest BCUT2D eigenvalue weighted by Crippen LogP contribution is -2.49. The minimum Gasteiger partial charge on any atom is -0.330 e. The normalized spacial score (nSPS) is 33.5. The van der Waals surface area contributed by atoms with Crippen molar-refractivity contribution in [2.45, 2.75) is 32.2 Å². The average Bonchev–Trinajstić information content (AvgIpc) is 2.54. The highest BCUT2D eigenvalue weighted by atomic mass is 16.2. The molecule has 2 rings (SSSR count). The van der Waals surface area contributed by atoms with Gasteiger partial charge in [0.1, 0.15) is 0 Å². The highest BCUT2D eigenvalue weighted by Gasteiger charge is 2.48. The van der Waals surface area contributed by atoms with E-state index in [1.807, 2.05) is 0 Å². The molecule has 2 N–H and O–H groups in total. The molecule has 0 bridgehead atoms. The number of rotatable bonds is 2.